The molecule has 0 spiro atoms. The minimum Gasteiger partial charge on any atom is -0.387 e. The number of Topliss-reactive ketones (excluding diaryl/α,β-unsaturated/α-hetero) is 2. The fraction of sp³-hybridized carbons (Fsp3) is 0.692. The van der Waals surface area contributed by atoms with Crippen LogP contribution in [-0.4, -0.2) is 102 Å². The second-order valence-corrected chi connectivity index (χ2v) is 8.96. The summed E-state index contributed by atoms with van der Waals surface area (Å²) in [6, 6.07) is 0. The highest BCUT2D eigenvalue weighted by molar-refractivity contribution is 7.47. The van der Waals surface area contributed by atoms with E-state index in [4.69, 9.17) is 9.79 Å². The predicted octanol–water partition coefficient (Wildman–Crippen LogP) is -4.03. The van der Waals surface area contributed by atoms with Gasteiger partial charge in [-0.05, 0) is 0 Å². The first kappa shape index (κ1) is 27.8. The van der Waals surface area contributed by atoms with Gasteiger partial charge in [0.15, 0.2) is 18.4 Å². The largest absolute Gasteiger partial charge is 0.472 e. The van der Waals surface area contributed by atoms with Gasteiger partial charge >= 0.3 is 15.6 Å². The van der Waals surface area contributed by atoms with Crippen LogP contribution in [0.15, 0.2) is 0 Å². The fourth-order valence-electron chi connectivity index (χ4n) is 2.59. The molecule has 1 fully saturated rings. The van der Waals surface area contributed by atoms with Gasteiger partial charge in [0.1, 0.15) is 36.6 Å². The summed E-state index contributed by atoms with van der Waals surface area (Å²) in [6.07, 6.45) is -15.0. The third-order valence-corrected chi connectivity index (χ3v) is 5.60. The lowest BCUT2D eigenvalue weighted by atomic mass is 9.85. The smallest absolute Gasteiger partial charge is 0.387 e. The first-order valence-corrected chi connectivity index (χ1v) is 11.2. The van der Waals surface area contributed by atoms with Crippen molar-refractivity contribution in [3.05, 3.63) is 0 Å². The van der Waals surface area contributed by atoms with Gasteiger partial charge in [0, 0.05) is 6.42 Å². The van der Waals surface area contributed by atoms with Crippen LogP contribution in [0.5, 0.6) is 0 Å². The Morgan fingerprint density at radius 3 is 1.81 bits per heavy atom. The Balaban J connectivity index is 2.97. The van der Waals surface area contributed by atoms with Crippen molar-refractivity contribution in [1.29, 1.82) is 0 Å². The molecule has 0 aliphatic heterocycles. The minimum atomic E-state index is -5.35. The zero-order valence-electron chi connectivity index (χ0n) is 15.3. The summed E-state index contributed by atoms with van der Waals surface area (Å²) < 4.78 is 36.1. The topological polar surface area (TPSA) is 272 Å². The number of hydrogen-bond acceptors (Lipinski definition) is 13. The lowest BCUT2D eigenvalue weighted by molar-refractivity contribution is -0.216. The molecule has 0 aromatic rings. The Hall–Kier alpha value is -1.26. The van der Waals surface area contributed by atoms with E-state index in [2.05, 4.69) is 13.6 Å². The van der Waals surface area contributed by atoms with Gasteiger partial charge in [0.25, 0.3) is 0 Å². The van der Waals surface area contributed by atoms with Crippen LogP contribution in [0, 0.1) is 5.92 Å². The molecule has 0 aromatic heterocycles. The van der Waals surface area contributed by atoms with Crippen LogP contribution in [0.3, 0.4) is 0 Å². The molecule has 0 aromatic carbocycles. The monoisotopic (exact) mass is 494 g/mol. The van der Waals surface area contributed by atoms with Crippen molar-refractivity contribution in [2.45, 2.75) is 43.0 Å². The van der Waals surface area contributed by atoms with E-state index >= 15 is 0 Å². The van der Waals surface area contributed by atoms with Crippen molar-refractivity contribution in [2.24, 2.45) is 5.92 Å². The van der Waals surface area contributed by atoms with Crippen molar-refractivity contribution >= 4 is 39.8 Å². The van der Waals surface area contributed by atoms with E-state index < -0.39 is 82.8 Å². The minimum absolute atomic E-state index is 0.164. The van der Waals surface area contributed by atoms with E-state index in [0.29, 0.717) is 0 Å². The van der Waals surface area contributed by atoms with Crippen LogP contribution in [0.25, 0.3) is 0 Å². The molecule has 0 amide bonds. The summed E-state index contributed by atoms with van der Waals surface area (Å²) in [6.45, 7) is -1.10. The average molecular weight is 494 g/mol. The quantitative estimate of drug-likeness (QED) is 0.0772. The molecule has 8 atom stereocenters. The van der Waals surface area contributed by atoms with E-state index in [1.54, 1.807) is 0 Å². The third-order valence-electron chi connectivity index (χ3n) is 4.10. The summed E-state index contributed by atoms with van der Waals surface area (Å²) >= 11 is 0. The molecule has 0 heterocycles. The van der Waals surface area contributed by atoms with Crippen LogP contribution >= 0.6 is 15.6 Å². The molecule has 178 valence electrons. The van der Waals surface area contributed by atoms with Crippen LogP contribution in [0.2, 0.25) is 0 Å². The highest BCUT2D eigenvalue weighted by Gasteiger charge is 2.54. The Labute approximate surface area is 173 Å². The van der Waals surface area contributed by atoms with Gasteiger partial charge in [0.05, 0.1) is 12.5 Å². The van der Waals surface area contributed by atoms with Gasteiger partial charge in [-0.1, -0.05) is 0 Å². The number of aliphatic hydroxyl groups excluding tert-OH is 4. The predicted molar refractivity (Wildman–Crippen MR) is 91.8 cm³/mol. The standard InChI is InChI=1S/C13H20O16P2/c14-2-6(16)1-5(7(17)3-15)4-27-31(25,26)29-13-10(20)8(18)9(19)12(11(13)21)28-30(22,23)24/h2-3,5,8-13,18-21H,1,4H2,(H,25,26)(H2,22,23,24)/t5-,8?,9?,10-,11?,12+,13?/m1/s1. The van der Waals surface area contributed by atoms with E-state index in [0.717, 1.165) is 0 Å². The third kappa shape index (κ3) is 7.98. The second-order valence-electron chi connectivity index (χ2n) is 6.36. The van der Waals surface area contributed by atoms with Crippen LogP contribution in [0.1, 0.15) is 6.42 Å². The van der Waals surface area contributed by atoms with Gasteiger partial charge in [-0.15, -0.1) is 0 Å². The average Bonchev–Trinajstić information content (AvgIpc) is 2.68. The Morgan fingerprint density at radius 1 is 0.839 bits per heavy atom. The molecule has 1 aliphatic carbocycles. The molecule has 7 N–H and O–H groups in total. The number of rotatable bonds is 12. The first-order valence-electron chi connectivity index (χ1n) is 8.22. The fourth-order valence-corrected chi connectivity index (χ4v) is 4.14. The maximum Gasteiger partial charge on any atom is 0.472 e. The normalized spacial score (nSPS) is 32.0. The number of ketones is 2. The molecule has 5 unspecified atom stereocenters. The second kappa shape index (κ2) is 11.0. The molecule has 1 aliphatic rings. The molecule has 0 bridgehead atoms. The van der Waals surface area contributed by atoms with Gasteiger partial charge in [-0.3, -0.25) is 32.7 Å². The molecule has 1 saturated carbocycles. The molecule has 1 rings (SSSR count). The number of aldehydes is 2. The number of hydrogen-bond donors (Lipinski definition) is 7. The van der Waals surface area contributed by atoms with Gasteiger partial charge in [0.2, 0.25) is 5.78 Å². The van der Waals surface area contributed by atoms with Gasteiger partial charge in [-0.2, -0.15) is 0 Å². The van der Waals surface area contributed by atoms with E-state index in [9.17, 15) is 53.6 Å². The van der Waals surface area contributed by atoms with Crippen LogP contribution in [-0.2, 0) is 41.9 Å². The molecular weight excluding hydrogens is 474 g/mol. The zero-order chi connectivity index (χ0) is 24.1. The SMILES string of the molecule is O=CC(=O)C[C@H](COP(=O)(O)OC1C(O)[C@@H](OP(=O)(O)O)C(O)C(O)[C@H]1O)C(=O)C=O. The Kier molecular flexibility index (Phi) is 9.90. The van der Waals surface area contributed by atoms with Crippen LogP contribution < -0.4 is 0 Å². The summed E-state index contributed by atoms with van der Waals surface area (Å²) in [7, 11) is -10.7. The molecule has 31 heavy (non-hydrogen) atoms. The zero-order valence-corrected chi connectivity index (χ0v) is 17.1. The van der Waals surface area contributed by atoms with E-state index in [1.165, 1.54) is 0 Å². The highest BCUT2D eigenvalue weighted by Crippen LogP contribution is 2.49. The number of phosphoric ester groups is 2. The maximum absolute atomic E-state index is 12.1. The number of carbonyl (C=O) groups excluding carboxylic acids is 4. The van der Waals surface area contributed by atoms with Crippen LogP contribution in [0.4, 0.5) is 0 Å². The van der Waals surface area contributed by atoms with E-state index in [-0.39, 0.29) is 12.6 Å². The summed E-state index contributed by atoms with van der Waals surface area (Å²) in [5, 5.41) is 39.5. The van der Waals surface area contributed by atoms with Crippen molar-refractivity contribution in [2.75, 3.05) is 6.61 Å². The molecule has 18 heteroatoms. The number of aliphatic hydroxyl groups is 4. The van der Waals surface area contributed by atoms with Gasteiger partial charge < -0.3 is 35.1 Å². The molecule has 0 saturated heterocycles. The maximum atomic E-state index is 12.1. The van der Waals surface area contributed by atoms with Crippen molar-refractivity contribution in [1.82, 2.24) is 0 Å². The Bertz CT molecular complexity index is 777. The molecule has 0 radical (unpaired) electrons. The van der Waals surface area contributed by atoms with Crippen molar-refractivity contribution < 1.29 is 77.0 Å². The van der Waals surface area contributed by atoms with E-state index in [1.807, 2.05) is 0 Å². The molecule has 16 nitrogen and oxygen atoms in total. The molecular formula is C13H20O16P2. The van der Waals surface area contributed by atoms with Crippen molar-refractivity contribution in [3.63, 3.8) is 0 Å². The lowest BCUT2D eigenvalue weighted by Crippen LogP contribution is -2.64. The van der Waals surface area contributed by atoms with Gasteiger partial charge in [-0.25, -0.2) is 9.13 Å². The first-order chi connectivity index (χ1) is 14.1. The number of carbonyl (C=O) groups is 4. The summed E-state index contributed by atoms with van der Waals surface area (Å²) in [5.74, 6) is -4.05. The lowest BCUT2D eigenvalue weighted by Gasteiger charge is -2.43. The van der Waals surface area contributed by atoms with Crippen molar-refractivity contribution in [3.8, 4) is 0 Å². The summed E-state index contributed by atoms with van der Waals surface area (Å²) in [4.78, 5) is 71.0. The highest BCUT2D eigenvalue weighted by atomic mass is 31.2. The number of phosphoric acid groups is 2. The summed E-state index contributed by atoms with van der Waals surface area (Å²) in [5.41, 5.74) is 0. The Morgan fingerprint density at radius 2 is 1.35 bits per heavy atom.